The molecule has 4 heteroatoms. The van der Waals surface area contributed by atoms with E-state index in [0.29, 0.717) is 6.04 Å². The fraction of sp³-hybridized carbons (Fsp3) is 0.350. The summed E-state index contributed by atoms with van der Waals surface area (Å²) in [5.74, 6) is 0.980. The van der Waals surface area contributed by atoms with Gasteiger partial charge in [0.25, 0.3) is 5.91 Å². The lowest BCUT2D eigenvalue weighted by Crippen LogP contribution is -2.46. The molecule has 126 valence electrons. The van der Waals surface area contributed by atoms with Gasteiger partial charge in [0.1, 0.15) is 0 Å². The molecule has 0 bridgehead atoms. The van der Waals surface area contributed by atoms with Crippen molar-refractivity contribution in [1.82, 2.24) is 10.6 Å². The molecule has 0 aliphatic carbocycles. The smallest absolute Gasteiger partial charge is 0.251 e. The number of benzene rings is 2. The zero-order valence-corrected chi connectivity index (χ0v) is 14.8. The summed E-state index contributed by atoms with van der Waals surface area (Å²) in [6, 6.07) is 19.1. The van der Waals surface area contributed by atoms with Crippen LogP contribution in [0.5, 0.6) is 0 Å². The number of thioether (sulfide) groups is 1. The van der Waals surface area contributed by atoms with Crippen LogP contribution in [0, 0.1) is 0 Å². The molecule has 1 saturated heterocycles. The first-order valence-corrected chi connectivity index (χ1v) is 9.50. The number of carbonyl (C=O) groups is 1. The Morgan fingerprint density at radius 2 is 1.92 bits per heavy atom. The highest BCUT2D eigenvalue weighted by Crippen LogP contribution is 2.23. The van der Waals surface area contributed by atoms with E-state index in [-0.39, 0.29) is 11.9 Å². The molecule has 0 radical (unpaired) electrons. The van der Waals surface area contributed by atoms with Crippen LogP contribution in [-0.4, -0.2) is 24.5 Å². The van der Waals surface area contributed by atoms with E-state index in [9.17, 15) is 4.79 Å². The van der Waals surface area contributed by atoms with Crippen molar-refractivity contribution < 1.29 is 4.79 Å². The number of hydrogen-bond donors (Lipinski definition) is 2. The minimum Gasteiger partial charge on any atom is -0.349 e. The third-order valence-electron chi connectivity index (χ3n) is 4.32. The van der Waals surface area contributed by atoms with Crippen molar-refractivity contribution in [3.63, 3.8) is 0 Å². The molecule has 0 spiro atoms. The van der Waals surface area contributed by atoms with Crippen LogP contribution >= 0.6 is 11.8 Å². The van der Waals surface area contributed by atoms with Crippen molar-refractivity contribution in [2.24, 2.45) is 0 Å². The molecule has 0 aromatic heterocycles. The largest absolute Gasteiger partial charge is 0.349 e. The number of carbonyl (C=O) groups excluding carboxylic acids is 1. The standard InChI is InChI=1S/C20H24N2OS/c1-15-13-18(11-12-21-15)22-20(23)17-7-9-19(10-8-17)24-14-16-5-3-2-4-6-16/h2-10,15,18,21H,11-14H2,1H3,(H,22,23). The fourth-order valence-electron chi connectivity index (χ4n) is 2.98. The molecule has 0 saturated carbocycles. The molecule has 1 aliphatic heterocycles. The number of rotatable bonds is 5. The van der Waals surface area contributed by atoms with Crippen molar-refractivity contribution in [3.8, 4) is 0 Å². The molecule has 2 unspecified atom stereocenters. The van der Waals surface area contributed by atoms with Crippen molar-refractivity contribution in [2.75, 3.05) is 6.54 Å². The summed E-state index contributed by atoms with van der Waals surface area (Å²) in [7, 11) is 0. The maximum Gasteiger partial charge on any atom is 0.251 e. The lowest BCUT2D eigenvalue weighted by molar-refractivity contribution is 0.0925. The van der Waals surface area contributed by atoms with Crippen LogP contribution in [0.15, 0.2) is 59.5 Å². The molecule has 2 atom stereocenters. The third kappa shape index (κ3) is 4.86. The van der Waals surface area contributed by atoms with E-state index in [0.717, 1.165) is 30.7 Å². The van der Waals surface area contributed by atoms with E-state index >= 15 is 0 Å². The van der Waals surface area contributed by atoms with Crippen LogP contribution in [-0.2, 0) is 5.75 Å². The first kappa shape index (κ1) is 17.1. The van der Waals surface area contributed by atoms with Crippen molar-refractivity contribution in [3.05, 3.63) is 65.7 Å². The summed E-state index contributed by atoms with van der Waals surface area (Å²) in [5.41, 5.74) is 2.05. The predicted octanol–water partition coefficient (Wildman–Crippen LogP) is 3.85. The van der Waals surface area contributed by atoms with Crippen molar-refractivity contribution in [1.29, 1.82) is 0 Å². The SMILES string of the molecule is CC1CC(NC(=O)c2ccc(SCc3ccccc3)cc2)CCN1. The van der Waals surface area contributed by atoms with Gasteiger partial charge in [-0.25, -0.2) is 0 Å². The van der Waals surface area contributed by atoms with Gasteiger partial charge in [0.2, 0.25) is 0 Å². The van der Waals surface area contributed by atoms with Gasteiger partial charge in [-0.1, -0.05) is 30.3 Å². The molecule has 24 heavy (non-hydrogen) atoms. The lowest BCUT2D eigenvalue weighted by atomic mass is 10.0. The molecular weight excluding hydrogens is 316 g/mol. The van der Waals surface area contributed by atoms with Gasteiger partial charge in [-0.3, -0.25) is 4.79 Å². The van der Waals surface area contributed by atoms with Crippen molar-refractivity contribution in [2.45, 2.75) is 42.5 Å². The highest BCUT2D eigenvalue weighted by atomic mass is 32.2. The summed E-state index contributed by atoms with van der Waals surface area (Å²) in [6.07, 6.45) is 2.00. The Morgan fingerprint density at radius 3 is 2.62 bits per heavy atom. The van der Waals surface area contributed by atoms with Gasteiger partial charge >= 0.3 is 0 Å². The first-order valence-electron chi connectivity index (χ1n) is 8.52. The number of hydrogen-bond acceptors (Lipinski definition) is 3. The molecule has 2 N–H and O–H groups in total. The van der Waals surface area contributed by atoms with E-state index < -0.39 is 0 Å². The molecule has 3 rings (SSSR count). The van der Waals surface area contributed by atoms with E-state index in [2.05, 4.69) is 41.8 Å². The maximum atomic E-state index is 12.4. The zero-order valence-electron chi connectivity index (χ0n) is 14.0. The monoisotopic (exact) mass is 340 g/mol. The number of amides is 1. The second kappa shape index (κ2) is 8.36. The predicted molar refractivity (Wildman–Crippen MR) is 100 cm³/mol. The molecule has 2 aromatic rings. The Morgan fingerprint density at radius 1 is 1.17 bits per heavy atom. The summed E-state index contributed by atoms with van der Waals surface area (Å²) in [5, 5.41) is 6.56. The topological polar surface area (TPSA) is 41.1 Å². The molecule has 1 amide bonds. The lowest BCUT2D eigenvalue weighted by Gasteiger charge is -2.28. The molecular formula is C20H24N2OS. The van der Waals surface area contributed by atoms with Crippen LogP contribution in [0.2, 0.25) is 0 Å². The Labute approximate surface area is 148 Å². The normalized spacial score (nSPS) is 20.5. The fourth-order valence-corrected chi connectivity index (χ4v) is 3.83. The minimum absolute atomic E-state index is 0.0358. The summed E-state index contributed by atoms with van der Waals surface area (Å²) >= 11 is 1.79. The van der Waals surface area contributed by atoms with Crippen LogP contribution in [0.4, 0.5) is 0 Å². The van der Waals surface area contributed by atoms with Crippen LogP contribution in [0.1, 0.15) is 35.7 Å². The second-order valence-corrected chi connectivity index (χ2v) is 7.40. The second-order valence-electron chi connectivity index (χ2n) is 6.35. The Bertz CT molecular complexity index is 657. The highest BCUT2D eigenvalue weighted by Gasteiger charge is 2.20. The van der Waals surface area contributed by atoms with Crippen LogP contribution in [0.3, 0.4) is 0 Å². The summed E-state index contributed by atoms with van der Waals surface area (Å²) < 4.78 is 0. The van der Waals surface area contributed by atoms with Gasteiger partial charge in [-0.15, -0.1) is 11.8 Å². The van der Waals surface area contributed by atoms with Gasteiger partial charge in [0, 0.05) is 28.3 Å². The molecule has 1 aliphatic rings. The van der Waals surface area contributed by atoms with Gasteiger partial charge < -0.3 is 10.6 Å². The quantitative estimate of drug-likeness (QED) is 0.812. The molecule has 1 heterocycles. The zero-order chi connectivity index (χ0) is 16.8. The summed E-state index contributed by atoms with van der Waals surface area (Å²) in [4.78, 5) is 13.6. The van der Waals surface area contributed by atoms with Gasteiger partial charge in [0.15, 0.2) is 0 Å². The van der Waals surface area contributed by atoms with E-state index in [1.807, 2.05) is 30.3 Å². The number of nitrogens with one attached hydrogen (secondary N) is 2. The van der Waals surface area contributed by atoms with E-state index in [4.69, 9.17) is 0 Å². The van der Waals surface area contributed by atoms with Gasteiger partial charge in [-0.05, 0) is 56.1 Å². The Hall–Kier alpha value is -1.78. The van der Waals surface area contributed by atoms with Crippen LogP contribution < -0.4 is 10.6 Å². The average molecular weight is 340 g/mol. The molecule has 3 nitrogen and oxygen atoms in total. The highest BCUT2D eigenvalue weighted by molar-refractivity contribution is 7.98. The van der Waals surface area contributed by atoms with E-state index in [1.54, 1.807) is 11.8 Å². The summed E-state index contributed by atoms with van der Waals surface area (Å²) in [6.45, 7) is 3.14. The molecule has 1 fully saturated rings. The Kier molecular flexibility index (Phi) is 5.94. The average Bonchev–Trinajstić information content (AvgIpc) is 2.61. The number of piperidine rings is 1. The van der Waals surface area contributed by atoms with Gasteiger partial charge in [0.05, 0.1) is 0 Å². The first-order chi connectivity index (χ1) is 11.7. The minimum atomic E-state index is 0.0358. The van der Waals surface area contributed by atoms with Gasteiger partial charge in [-0.2, -0.15) is 0 Å². The Balaban J connectivity index is 1.52. The molecule has 2 aromatic carbocycles. The third-order valence-corrected chi connectivity index (χ3v) is 5.41. The van der Waals surface area contributed by atoms with Crippen LogP contribution in [0.25, 0.3) is 0 Å². The van der Waals surface area contributed by atoms with Crippen molar-refractivity contribution >= 4 is 17.7 Å². The maximum absolute atomic E-state index is 12.4. The van der Waals surface area contributed by atoms with E-state index in [1.165, 1.54) is 10.5 Å².